The number of nitrogens with zero attached hydrogens (tertiary/aromatic N) is 2. The first kappa shape index (κ1) is 23.1. The highest BCUT2D eigenvalue weighted by molar-refractivity contribution is 7.91. The number of carbonyl (C=O) groups is 1. The number of rotatable bonds is 8. The zero-order valence-corrected chi connectivity index (χ0v) is 20.3. The maximum atomic E-state index is 13.3. The van der Waals surface area contributed by atoms with Gasteiger partial charge in [0.25, 0.3) is 0 Å². The molecule has 170 valence electrons. The third kappa shape index (κ3) is 5.31. The van der Waals surface area contributed by atoms with Gasteiger partial charge in [-0.1, -0.05) is 78.4 Å². The molecule has 0 aliphatic rings. The lowest BCUT2D eigenvalue weighted by molar-refractivity contribution is -0.118. The van der Waals surface area contributed by atoms with Gasteiger partial charge >= 0.3 is 0 Å². The predicted molar refractivity (Wildman–Crippen MR) is 134 cm³/mol. The summed E-state index contributed by atoms with van der Waals surface area (Å²) in [6.07, 6.45) is 0.738. The summed E-state index contributed by atoms with van der Waals surface area (Å²) in [6.45, 7) is 4.32. The fraction of sp³-hybridized carbons (Fsp3) is 0.231. The quantitative estimate of drug-likeness (QED) is 0.332. The minimum Gasteiger partial charge on any atom is -0.284 e. The Morgan fingerprint density at radius 2 is 1.70 bits per heavy atom. The second kappa shape index (κ2) is 9.85. The zero-order chi connectivity index (χ0) is 23.4. The molecule has 0 unspecified atom stereocenters. The Labute approximate surface area is 198 Å². The number of carbonyl (C=O) groups excluding carboxylic acids is 1. The molecule has 33 heavy (non-hydrogen) atoms. The molecule has 7 heteroatoms. The summed E-state index contributed by atoms with van der Waals surface area (Å²) in [5, 5.41) is 0.590. The van der Waals surface area contributed by atoms with Crippen molar-refractivity contribution in [3.8, 4) is 0 Å². The number of para-hydroxylation sites is 1. The number of amides is 1. The summed E-state index contributed by atoms with van der Waals surface area (Å²) in [4.78, 5) is 20.0. The molecule has 1 aromatic heterocycles. The van der Waals surface area contributed by atoms with E-state index in [0.717, 1.165) is 33.3 Å². The van der Waals surface area contributed by atoms with E-state index in [4.69, 9.17) is 4.98 Å². The Morgan fingerprint density at radius 3 is 2.39 bits per heavy atom. The van der Waals surface area contributed by atoms with Gasteiger partial charge in [0, 0.05) is 6.42 Å². The van der Waals surface area contributed by atoms with Crippen molar-refractivity contribution in [1.29, 1.82) is 0 Å². The van der Waals surface area contributed by atoms with Gasteiger partial charge in [0.05, 0.1) is 27.4 Å². The minimum atomic E-state index is -3.56. The molecular weight excluding hydrogens is 452 g/mol. The molecule has 0 atom stereocenters. The largest absolute Gasteiger partial charge is 0.284 e. The maximum absolute atomic E-state index is 13.3. The van der Waals surface area contributed by atoms with Gasteiger partial charge in [-0.25, -0.2) is 13.4 Å². The van der Waals surface area contributed by atoms with Crippen LogP contribution in [-0.2, 0) is 27.6 Å². The molecule has 3 aromatic carbocycles. The smallest absolute Gasteiger partial charge is 0.230 e. The summed E-state index contributed by atoms with van der Waals surface area (Å²) in [5.41, 5.74) is 3.98. The van der Waals surface area contributed by atoms with Crippen LogP contribution in [0.5, 0.6) is 0 Å². The Balaban J connectivity index is 1.62. The highest BCUT2D eigenvalue weighted by atomic mass is 32.2. The van der Waals surface area contributed by atoms with Crippen molar-refractivity contribution < 1.29 is 13.2 Å². The van der Waals surface area contributed by atoms with Gasteiger partial charge in [-0.3, -0.25) is 9.69 Å². The summed E-state index contributed by atoms with van der Waals surface area (Å²) in [6, 6.07) is 22.4. The Bertz CT molecular complexity index is 1360. The zero-order valence-electron chi connectivity index (χ0n) is 18.7. The lowest BCUT2D eigenvalue weighted by atomic mass is 10.1. The van der Waals surface area contributed by atoms with Crippen molar-refractivity contribution in [2.75, 3.05) is 10.7 Å². The monoisotopic (exact) mass is 478 g/mol. The van der Waals surface area contributed by atoms with Crippen LogP contribution in [0.15, 0.2) is 77.7 Å². The number of benzene rings is 3. The normalized spacial score (nSPS) is 11.6. The van der Waals surface area contributed by atoms with Crippen molar-refractivity contribution in [1.82, 2.24) is 4.98 Å². The molecule has 0 spiro atoms. The number of hydrogen-bond donors (Lipinski definition) is 0. The van der Waals surface area contributed by atoms with E-state index in [1.165, 1.54) is 11.3 Å². The third-order valence-corrected chi connectivity index (χ3v) is 8.33. The number of aromatic nitrogens is 1. The van der Waals surface area contributed by atoms with Gasteiger partial charge < -0.3 is 0 Å². The average Bonchev–Trinajstić information content (AvgIpc) is 3.26. The average molecular weight is 479 g/mol. The molecule has 0 N–H and O–H groups in total. The van der Waals surface area contributed by atoms with Crippen molar-refractivity contribution in [3.63, 3.8) is 0 Å². The highest BCUT2D eigenvalue weighted by Gasteiger charge is 2.24. The van der Waals surface area contributed by atoms with Crippen molar-refractivity contribution in [2.24, 2.45) is 0 Å². The Kier molecular flexibility index (Phi) is 6.91. The molecule has 4 aromatic rings. The van der Waals surface area contributed by atoms with Gasteiger partial charge in [0.15, 0.2) is 15.0 Å². The molecule has 0 saturated carbocycles. The number of hydrogen-bond acceptors (Lipinski definition) is 5. The van der Waals surface area contributed by atoms with Gasteiger partial charge in [-0.05, 0) is 42.7 Å². The molecule has 0 bridgehead atoms. The van der Waals surface area contributed by atoms with Crippen molar-refractivity contribution in [3.05, 3.63) is 89.5 Å². The van der Waals surface area contributed by atoms with Crippen LogP contribution >= 0.6 is 11.3 Å². The molecule has 0 saturated heterocycles. The number of thiazole rings is 1. The minimum absolute atomic E-state index is 0.112. The highest BCUT2D eigenvalue weighted by Crippen LogP contribution is 2.32. The van der Waals surface area contributed by atoms with E-state index >= 15 is 0 Å². The van der Waals surface area contributed by atoms with Crippen LogP contribution in [0.4, 0.5) is 5.13 Å². The van der Waals surface area contributed by atoms with Crippen LogP contribution in [0, 0.1) is 6.92 Å². The number of fused-ring (bicyclic) bond motifs is 1. The molecule has 5 nitrogen and oxygen atoms in total. The van der Waals surface area contributed by atoms with Gasteiger partial charge in [0.1, 0.15) is 0 Å². The summed E-state index contributed by atoms with van der Waals surface area (Å²) in [5.74, 6) is -0.502. The van der Waals surface area contributed by atoms with Gasteiger partial charge in [-0.2, -0.15) is 0 Å². The van der Waals surface area contributed by atoms with Crippen LogP contribution in [0.2, 0.25) is 0 Å². The maximum Gasteiger partial charge on any atom is 0.230 e. The Morgan fingerprint density at radius 1 is 0.970 bits per heavy atom. The summed E-state index contributed by atoms with van der Waals surface area (Å²) >= 11 is 1.46. The molecule has 0 fully saturated rings. The van der Waals surface area contributed by atoms with E-state index in [9.17, 15) is 13.2 Å². The first-order valence-electron chi connectivity index (χ1n) is 10.9. The number of anilines is 1. The molecule has 1 heterocycles. The molecule has 0 aliphatic heterocycles. The second-order valence-corrected chi connectivity index (χ2v) is 11.1. The van der Waals surface area contributed by atoms with Gasteiger partial charge in [0.2, 0.25) is 5.91 Å². The van der Waals surface area contributed by atoms with Crippen LogP contribution in [0.25, 0.3) is 10.2 Å². The number of aryl methyl sites for hydroxylation is 2. The molecule has 0 radical (unpaired) electrons. The lowest BCUT2D eigenvalue weighted by Gasteiger charge is -2.20. The molecular formula is C26H26N2O3S2. The fourth-order valence-corrected chi connectivity index (χ4v) is 5.90. The second-order valence-electron chi connectivity index (χ2n) is 7.96. The molecule has 0 aliphatic carbocycles. The topological polar surface area (TPSA) is 67.3 Å². The van der Waals surface area contributed by atoms with Crippen LogP contribution in [0.3, 0.4) is 0 Å². The van der Waals surface area contributed by atoms with E-state index in [1.54, 1.807) is 29.2 Å². The van der Waals surface area contributed by atoms with Crippen molar-refractivity contribution >= 4 is 42.4 Å². The standard InChI is InChI=1S/C26H26N2O3S2/c1-3-21-10-7-11-23-25(21)27-26(32-23)28(18-20-8-5-4-6-9-20)24(29)16-17-33(30,31)22-14-12-19(2)13-15-22/h4-15H,3,16-18H2,1-2H3. The van der Waals surface area contributed by atoms with Crippen molar-refractivity contribution in [2.45, 2.75) is 38.1 Å². The predicted octanol–water partition coefficient (Wildman–Crippen LogP) is 5.56. The van der Waals surface area contributed by atoms with E-state index in [0.29, 0.717) is 11.7 Å². The van der Waals surface area contributed by atoms with E-state index in [1.807, 2.05) is 55.5 Å². The number of sulfone groups is 1. The molecule has 1 amide bonds. The summed E-state index contributed by atoms with van der Waals surface area (Å²) < 4.78 is 26.6. The first-order valence-corrected chi connectivity index (χ1v) is 13.4. The molecule has 4 rings (SSSR count). The van der Waals surface area contributed by atoms with E-state index in [-0.39, 0.29) is 23.0 Å². The Hall–Kier alpha value is -3.03. The van der Waals surface area contributed by atoms with Crippen LogP contribution in [-0.4, -0.2) is 25.1 Å². The van der Waals surface area contributed by atoms with Crippen LogP contribution < -0.4 is 4.90 Å². The van der Waals surface area contributed by atoms with E-state index < -0.39 is 9.84 Å². The third-order valence-electron chi connectivity index (χ3n) is 5.55. The lowest BCUT2D eigenvalue weighted by Crippen LogP contribution is -2.31. The van der Waals surface area contributed by atoms with Gasteiger partial charge in [-0.15, -0.1) is 0 Å². The summed E-state index contributed by atoms with van der Waals surface area (Å²) in [7, 11) is -3.56. The SMILES string of the molecule is CCc1cccc2sc(N(Cc3ccccc3)C(=O)CCS(=O)(=O)c3ccc(C)cc3)nc12. The fourth-order valence-electron chi connectivity index (χ4n) is 3.64. The van der Waals surface area contributed by atoms with Crippen LogP contribution in [0.1, 0.15) is 30.0 Å². The first-order chi connectivity index (χ1) is 15.9. The van der Waals surface area contributed by atoms with E-state index in [2.05, 4.69) is 6.92 Å².